The Balaban J connectivity index is 1.46. The number of nitrogens with zero attached hydrogens (tertiary/aromatic N) is 2. The van der Waals surface area contributed by atoms with E-state index in [4.69, 9.17) is 4.42 Å². The van der Waals surface area contributed by atoms with E-state index in [9.17, 15) is 18.4 Å². The van der Waals surface area contributed by atoms with Crippen LogP contribution in [0.5, 0.6) is 0 Å². The normalized spacial score (nSPS) is 11.7. The Kier molecular flexibility index (Phi) is 7.78. The number of thioether (sulfide) groups is 1. The highest BCUT2D eigenvalue weighted by Crippen LogP contribution is 2.32. The second kappa shape index (κ2) is 11.4. The molecular formula is C32H25F3N2OS. The van der Waals surface area contributed by atoms with Crippen molar-refractivity contribution in [3.05, 3.63) is 125 Å². The number of fused-ring (bicyclic) bond motifs is 1. The second-order valence-corrected chi connectivity index (χ2v) is 10.1. The second-order valence-electron chi connectivity index (χ2n) is 9.26. The van der Waals surface area contributed by atoms with E-state index < -0.39 is 11.9 Å². The summed E-state index contributed by atoms with van der Waals surface area (Å²) in [4.78, 5) is 3.19. The molecular weight excluding hydrogens is 517 g/mol. The summed E-state index contributed by atoms with van der Waals surface area (Å²) in [7, 11) is 0. The standard InChI is InChI=1S/C32H25F3N2OS/c1-39-28-7-4-6-25(17-28)23-11-9-22(10-12-23)19-37(20-27-15-16-31(38-27)32(33,34)35)21-30-26(18-36)14-13-24-5-2-3-8-29(24)30/h2-17H,19-21H2,1H3. The third-order valence-electron chi connectivity index (χ3n) is 6.63. The zero-order chi connectivity index (χ0) is 27.4. The molecule has 0 saturated carbocycles. The Morgan fingerprint density at radius 3 is 2.33 bits per heavy atom. The molecule has 0 aliphatic heterocycles. The molecule has 0 fully saturated rings. The molecule has 1 aromatic heterocycles. The van der Waals surface area contributed by atoms with Gasteiger partial charge in [-0.25, -0.2) is 0 Å². The molecule has 39 heavy (non-hydrogen) atoms. The van der Waals surface area contributed by atoms with E-state index in [1.165, 1.54) is 11.0 Å². The Labute approximate surface area is 229 Å². The minimum Gasteiger partial charge on any atom is -0.455 e. The highest BCUT2D eigenvalue weighted by atomic mass is 32.2. The predicted molar refractivity (Wildman–Crippen MR) is 149 cm³/mol. The van der Waals surface area contributed by atoms with Crippen molar-refractivity contribution < 1.29 is 17.6 Å². The molecule has 0 aliphatic rings. The molecule has 3 nitrogen and oxygen atoms in total. The van der Waals surface area contributed by atoms with Gasteiger partial charge in [0.2, 0.25) is 5.76 Å². The van der Waals surface area contributed by atoms with E-state index in [1.807, 2.05) is 59.7 Å². The van der Waals surface area contributed by atoms with E-state index in [1.54, 1.807) is 17.8 Å². The summed E-state index contributed by atoms with van der Waals surface area (Å²) in [6.07, 6.45) is -2.50. The minimum atomic E-state index is -4.55. The fourth-order valence-electron chi connectivity index (χ4n) is 4.70. The SMILES string of the molecule is CSc1cccc(-c2ccc(CN(Cc3ccc(C(F)(F)F)o3)Cc3c(C#N)ccc4ccccc34)cc2)c1. The number of hydrogen-bond donors (Lipinski definition) is 0. The summed E-state index contributed by atoms with van der Waals surface area (Å²) < 4.78 is 44.7. The Hall–Kier alpha value is -3.99. The molecule has 5 aromatic rings. The van der Waals surface area contributed by atoms with Gasteiger partial charge in [-0.15, -0.1) is 11.8 Å². The molecule has 196 valence electrons. The van der Waals surface area contributed by atoms with Gasteiger partial charge in [-0.2, -0.15) is 18.4 Å². The van der Waals surface area contributed by atoms with Gasteiger partial charge in [0.15, 0.2) is 0 Å². The summed E-state index contributed by atoms with van der Waals surface area (Å²) in [5.41, 5.74) is 4.58. The molecule has 0 spiro atoms. The number of rotatable bonds is 8. The van der Waals surface area contributed by atoms with Crippen molar-refractivity contribution in [3.63, 3.8) is 0 Å². The predicted octanol–water partition coefficient (Wildman–Crippen LogP) is 8.91. The number of alkyl halides is 3. The lowest BCUT2D eigenvalue weighted by molar-refractivity contribution is -0.153. The topological polar surface area (TPSA) is 40.2 Å². The smallest absolute Gasteiger partial charge is 0.449 e. The molecule has 1 heterocycles. The minimum absolute atomic E-state index is 0.154. The fourth-order valence-corrected chi connectivity index (χ4v) is 5.16. The maximum absolute atomic E-state index is 13.2. The van der Waals surface area contributed by atoms with Crippen LogP contribution >= 0.6 is 11.8 Å². The number of nitriles is 1. The highest BCUT2D eigenvalue weighted by Gasteiger charge is 2.34. The first-order valence-corrected chi connectivity index (χ1v) is 13.6. The maximum Gasteiger partial charge on any atom is 0.449 e. The van der Waals surface area contributed by atoms with Gasteiger partial charge in [-0.3, -0.25) is 4.90 Å². The van der Waals surface area contributed by atoms with Gasteiger partial charge in [0, 0.05) is 18.0 Å². The van der Waals surface area contributed by atoms with Crippen LogP contribution in [0.2, 0.25) is 0 Å². The van der Waals surface area contributed by atoms with Crippen LogP contribution in [0.1, 0.15) is 28.2 Å². The van der Waals surface area contributed by atoms with Gasteiger partial charge >= 0.3 is 6.18 Å². The summed E-state index contributed by atoms with van der Waals surface area (Å²) in [5, 5.41) is 11.8. The molecule has 5 rings (SSSR count). The number of hydrogen-bond acceptors (Lipinski definition) is 4. The molecule has 0 saturated heterocycles. The molecule has 0 bridgehead atoms. The van der Waals surface area contributed by atoms with Crippen molar-refractivity contribution in [3.8, 4) is 17.2 Å². The van der Waals surface area contributed by atoms with Crippen LogP contribution < -0.4 is 0 Å². The van der Waals surface area contributed by atoms with Crippen molar-refractivity contribution in [1.82, 2.24) is 4.90 Å². The monoisotopic (exact) mass is 542 g/mol. The van der Waals surface area contributed by atoms with Crippen LogP contribution in [-0.2, 0) is 25.8 Å². The lowest BCUT2D eigenvalue weighted by atomic mass is 9.98. The van der Waals surface area contributed by atoms with Crippen LogP contribution in [0, 0.1) is 11.3 Å². The Morgan fingerprint density at radius 1 is 0.821 bits per heavy atom. The molecule has 0 N–H and O–H groups in total. The van der Waals surface area contributed by atoms with Crippen molar-refractivity contribution in [2.45, 2.75) is 30.7 Å². The quantitative estimate of drug-likeness (QED) is 0.184. The van der Waals surface area contributed by atoms with E-state index in [0.29, 0.717) is 18.7 Å². The van der Waals surface area contributed by atoms with E-state index in [-0.39, 0.29) is 12.3 Å². The molecule has 4 aromatic carbocycles. The largest absolute Gasteiger partial charge is 0.455 e. The van der Waals surface area contributed by atoms with Crippen molar-refractivity contribution in [2.24, 2.45) is 0 Å². The zero-order valence-corrected chi connectivity index (χ0v) is 22.0. The molecule has 0 radical (unpaired) electrons. The highest BCUT2D eigenvalue weighted by molar-refractivity contribution is 7.98. The van der Waals surface area contributed by atoms with Crippen molar-refractivity contribution in [2.75, 3.05) is 6.26 Å². The summed E-state index contributed by atoms with van der Waals surface area (Å²) in [6, 6.07) is 32.6. The third kappa shape index (κ3) is 6.19. The molecule has 7 heteroatoms. The lowest BCUT2D eigenvalue weighted by Gasteiger charge is -2.23. The van der Waals surface area contributed by atoms with Crippen LogP contribution in [0.3, 0.4) is 0 Å². The van der Waals surface area contributed by atoms with Gasteiger partial charge in [-0.1, -0.05) is 66.7 Å². The van der Waals surface area contributed by atoms with E-state index in [0.717, 1.165) is 39.1 Å². The van der Waals surface area contributed by atoms with Crippen LogP contribution in [0.4, 0.5) is 13.2 Å². The average molecular weight is 543 g/mol. The summed E-state index contributed by atoms with van der Waals surface area (Å²) in [6.45, 7) is 0.979. The maximum atomic E-state index is 13.2. The summed E-state index contributed by atoms with van der Waals surface area (Å²) >= 11 is 1.69. The molecule has 0 unspecified atom stereocenters. The number of benzene rings is 4. The van der Waals surface area contributed by atoms with Crippen LogP contribution in [-0.4, -0.2) is 11.2 Å². The first-order chi connectivity index (χ1) is 18.8. The Morgan fingerprint density at radius 2 is 1.62 bits per heavy atom. The first-order valence-electron chi connectivity index (χ1n) is 12.4. The number of halogens is 3. The number of furan rings is 1. The van der Waals surface area contributed by atoms with Crippen LogP contribution in [0.25, 0.3) is 21.9 Å². The molecule has 0 atom stereocenters. The van der Waals surface area contributed by atoms with Gasteiger partial charge in [-0.05, 0) is 69.6 Å². The van der Waals surface area contributed by atoms with E-state index >= 15 is 0 Å². The van der Waals surface area contributed by atoms with Gasteiger partial charge in [0.25, 0.3) is 0 Å². The molecule has 0 aliphatic carbocycles. The zero-order valence-electron chi connectivity index (χ0n) is 21.2. The van der Waals surface area contributed by atoms with Gasteiger partial charge in [0.1, 0.15) is 5.76 Å². The average Bonchev–Trinajstić information content (AvgIpc) is 3.43. The molecule has 0 amide bonds. The van der Waals surface area contributed by atoms with Crippen LogP contribution in [0.15, 0.2) is 106 Å². The third-order valence-corrected chi connectivity index (χ3v) is 7.35. The van der Waals surface area contributed by atoms with E-state index in [2.05, 4.69) is 36.4 Å². The first kappa shape index (κ1) is 26.6. The Bertz CT molecular complexity index is 1630. The van der Waals surface area contributed by atoms with Crippen molar-refractivity contribution in [1.29, 1.82) is 5.26 Å². The summed E-state index contributed by atoms with van der Waals surface area (Å²) in [5.74, 6) is -0.802. The van der Waals surface area contributed by atoms with Crippen molar-refractivity contribution >= 4 is 22.5 Å². The van der Waals surface area contributed by atoms with Gasteiger partial charge < -0.3 is 4.42 Å². The lowest BCUT2D eigenvalue weighted by Crippen LogP contribution is -2.23. The fraction of sp³-hybridized carbons (Fsp3) is 0.156. The van der Waals surface area contributed by atoms with Gasteiger partial charge in [0.05, 0.1) is 18.2 Å².